The summed E-state index contributed by atoms with van der Waals surface area (Å²) in [5.41, 5.74) is 5.72. The molecule has 2 N–H and O–H groups in total. The van der Waals surface area contributed by atoms with Crippen LogP contribution in [0.4, 0.5) is 0 Å². The van der Waals surface area contributed by atoms with Crippen LogP contribution >= 0.6 is 0 Å². The molecule has 224 valence electrons. The summed E-state index contributed by atoms with van der Waals surface area (Å²) in [6.45, 7) is 0. The van der Waals surface area contributed by atoms with Crippen LogP contribution < -0.4 is 0 Å². The minimum Gasteiger partial charge on any atom is -0.508 e. The second kappa shape index (κ2) is 20.1. The molecule has 0 radical (unpaired) electrons. The normalized spacial score (nSPS) is 9.70. The summed E-state index contributed by atoms with van der Waals surface area (Å²) in [5.74, 6) is 0.378. The SMILES string of the molecule is C(=C\c1ccncc1)/c1ccncc1.C(=C\c1ccncc1)/c1ccncc1.N#Cc1ccc(O)cc1.N#Cc1ccc(O)cc1. The smallest absolute Gasteiger partial charge is 0.115 e. The van der Waals surface area contributed by atoms with E-state index >= 15 is 0 Å². The maximum Gasteiger partial charge on any atom is 0.115 e. The minimum absolute atomic E-state index is 0.189. The van der Waals surface area contributed by atoms with Crippen molar-refractivity contribution in [3.8, 4) is 23.6 Å². The maximum absolute atomic E-state index is 8.74. The van der Waals surface area contributed by atoms with Crippen LogP contribution in [0, 0.1) is 22.7 Å². The van der Waals surface area contributed by atoms with Crippen molar-refractivity contribution in [1.82, 2.24) is 19.9 Å². The first-order valence-electron chi connectivity index (χ1n) is 13.9. The highest BCUT2D eigenvalue weighted by Gasteiger charge is 1.89. The largest absolute Gasteiger partial charge is 0.508 e. The Morgan fingerprint density at radius 1 is 0.370 bits per heavy atom. The van der Waals surface area contributed by atoms with E-state index in [1.165, 1.54) is 24.3 Å². The Bertz CT molecular complexity index is 1610. The molecule has 6 aromatic rings. The Morgan fingerprint density at radius 2 is 0.587 bits per heavy atom. The number of hydrogen-bond acceptors (Lipinski definition) is 8. The van der Waals surface area contributed by atoms with Crippen LogP contribution in [0.1, 0.15) is 33.4 Å². The number of rotatable bonds is 4. The van der Waals surface area contributed by atoms with Crippen LogP contribution in [0.25, 0.3) is 24.3 Å². The lowest BCUT2D eigenvalue weighted by molar-refractivity contribution is 0.474. The van der Waals surface area contributed by atoms with Crippen molar-refractivity contribution in [2.24, 2.45) is 0 Å². The van der Waals surface area contributed by atoms with Gasteiger partial charge in [0.2, 0.25) is 0 Å². The Balaban J connectivity index is 0.000000171. The van der Waals surface area contributed by atoms with Gasteiger partial charge in [-0.3, -0.25) is 19.9 Å². The molecule has 0 fully saturated rings. The Hall–Kier alpha value is -6.90. The van der Waals surface area contributed by atoms with E-state index in [-0.39, 0.29) is 11.5 Å². The Kier molecular flexibility index (Phi) is 14.7. The molecule has 0 unspecified atom stereocenters. The van der Waals surface area contributed by atoms with Crippen molar-refractivity contribution in [2.75, 3.05) is 0 Å². The molecule has 0 aliphatic carbocycles. The highest BCUT2D eigenvalue weighted by atomic mass is 16.3. The first kappa shape index (κ1) is 33.6. The predicted octanol–water partition coefficient (Wildman–Crippen LogP) is 7.82. The molecule has 0 amide bonds. The summed E-state index contributed by atoms with van der Waals surface area (Å²) < 4.78 is 0. The van der Waals surface area contributed by atoms with Gasteiger partial charge in [0, 0.05) is 49.6 Å². The number of nitriles is 2. The van der Waals surface area contributed by atoms with Gasteiger partial charge in [-0.2, -0.15) is 10.5 Å². The van der Waals surface area contributed by atoms with Crippen LogP contribution in [0.15, 0.2) is 147 Å². The van der Waals surface area contributed by atoms with E-state index in [1.807, 2.05) is 60.7 Å². The molecule has 4 aromatic heterocycles. The third kappa shape index (κ3) is 13.8. The summed E-state index contributed by atoms with van der Waals surface area (Å²) in [7, 11) is 0. The van der Waals surface area contributed by atoms with Gasteiger partial charge in [0.05, 0.1) is 23.3 Å². The Labute approximate surface area is 268 Å². The zero-order valence-electron chi connectivity index (χ0n) is 24.7. The highest BCUT2D eigenvalue weighted by molar-refractivity contribution is 5.69. The first-order chi connectivity index (χ1) is 22.6. The fraction of sp³-hybridized carbons (Fsp3) is 0. The lowest BCUT2D eigenvalue weighted by Crippen LogP contribution is -1.74. The molecule has 2 aromatic carbocycles. The van der Waals surface area contributed by atoms with Crippen LogP contribution in [0.3, 0.4) is 0 Å². The minimum atomic E-state index is 0.189. The van der Waals surface area contributed by atoms with E-state index in [9.17, 15) is 0 Å². The van der Waals surface area contributed by atoms with E-state index < -0.39 is 0 Å². The van der Waals surface area contributed by atoms with Crippen molar-refractivity contribution in [1.29, 1.82) is 10.5 Å². The van der Waals surface area contributed by atoms with E-state index in [0.29, 0.717) is 11.1 Å². The number of benzene rings is 2. The monoisotopic (exact) mass is 602 g/mol. The summed E-state index contributed by atoms with van der Waals surface area (Å²) in [4.78, 5) is 15.8. The highest BCUT2D eigenvalue weighted by Crippen LogP contribution is 2.09. The first-order valence-corrected chi connectivity index (χ1v) is 13.9. The zero-order valence-corrected chi connectivity index (χ0v) is 24.7. The molecular weight excluding hydrogens is 572 g/mol. The second-order valence-corrected chi connectivity index (χ2v) is 9.11. The number of hydrogen-bond donors (Lipinski definition) is 2. The zero-order chi connectivity index (χ0) is 32.7. The number of phenols is 2. The van der Waals surface area contributed by atoms with Gasteiger partial charge in [-0.05, 0) is 119 Å². The molecule has 46 heavy (non-hydrogen) atoms. The summed E-state index contributed by atoms with van der Waals surface area (Å²) in [6.07, 6.45) is 22.5. The Morgan fingerprint density at radius 3 is 0.783 bits per heavy atom. The lowest BCUT2D eigenvalue weighted by Gasteiger charge is -1.92. The van der Waals surface area contributed by atoms with E-state index in [4.69, 9.17) is 20.7 Å². The van der Waals surface area contributed by atoms with Crippen LogP contribution in [0.5, 0.6) is 11.5 Å². The van der Waals surface area contributed by atoms with Crippen molar-refractivity contribution < 1.29 is 10.2 Å². The van der Waals surface area contributed by atoms with Crippen LogP contribution in [-0.2, 0) is 0 Å². The average molecular weight is 603 g/mol. The fourth-order valence-corrected chi connectivity index (χ4v) is 3.36. The van der Waals surface area contributed by atoms with Crippen LogP contribution in [0.2, 0.25) is 0 Å². The van der Waals surface area contributed by atoms with Gasteiger partial charge in [0.1, 0.15) is 11.5 Å². The molecule has 8 heteroatoms. The average Bonchev–Trinajstić information content (AvgIpc) is 3.13. The topological polar surface area (TPSA) is 140 Å². The molecule has 0 aliphatic heterocycles. The summed E-state index contributed by atoms with van der Waals surface area (Å²) in [5, 5.41) is 34.1. The molecule has 0 saturated carbocycles. The molecule has 0 aliphatic rings. The molecular formula is C38H30N6O2. The van der Waals surface area contributed by atoms with Crippen molar-refractivity contribution in [3.63, 3.8) is 0 Å². The van der Waals surface area contributed by atoms with E-state index in [2.05, 4.69) is 44.2 Å². The van der Waals surface area contributed by atoms with Crippen LogP contribution in [-0.4, -0.2) is 30.1 Å². The van der Waals surface area contributed by atoms with E-state index in [0.717, 1.165) is 22.3 Å². The van der Waals surface area contributed by atoms with Gasteiger partial charge in [-0.1, -0.05) is 24.3 Å². The lowest BCUT2D eigenvalue weighted by atomic mass is 10.2. The second-order valence-electron chi connectivity index (χ2n) is 9.11. The number of aromatic nitrogens is 4. The molecule has 0 bridgehead atoms. The van der Waals surface area contributed by atoms with Crippen molar-refractivity contribution in [3.05, 3.63) is 180 Å². The molecule has 0 spiro atoms. The number of phenolic OH excluding ortho intramolecular Hbond substituents is 2. The summed E-state index contributed by atoms with van der Waals surface area (Å²) in [6, 6.07) is 31.8. The molecule has 0 atom stereocenters. The van der Waals surface area contributed by atoms with Gasteiger partial charge in [0.25, 0.3) is 0 Å². The molecule has 6 rings (SSSR count). The maximum atomic E-state index is 8.74. The van der Waals surface area contributed by atoms with Gasteiger partial charge < -0.3 is 10.2 Å². The fourth-order valence-electron chi connectivity index (χ4n) is 3.36. The molecule has 4 heterocycles. The standard InChI is InChI=1S/2C12H10N2.2C7H5NO/c2*1(11-3-7-13-8-4-11)2-12-5-9-14-10-6-12;2*8-5-6-1-3-7(9)4-2-6/h2*1-10H;2*1-4,9H/b2*2-1+;;. The number of nitrogens with zero attached hydrogens (tertiary/aromatic N) is 6. The predicted molar refractivity (Wildman–Crippen MR) is 180 cm³/mol. The van der Waals surface area contributed by atoms with Crippen molar-refractivity contribution in [2.45, 2.75) is 0 Å². The van der Waals surface area contributed by atoms with Gasteiger partial charge in [-0.15, -0.1) is 0 Å². The third-order valence-corrected chi connectivity index (χ3v) is 5.75. The van der Waals surface area contributed by atoms with Crippen molar-refractivity contribution >= 4 is 24.3 Å². The summed E-state index contributed by atoms with van der Waals surface area (Å²) >= 11 is 0. The molecule has 8 nitrogen and oxygen atoms in total. The third-order valence-electron chi connectivity index (χ3n) is 5.75. The number of aromatic hydroxyl groups is 2. The van der Waals surface area contributed by atoms with Gasteiger partial charge in [-0.25, -0.2) is 0 Å². The number of pyridine rings is 4. The van der Waals surface area contributed by atoms with Gasteiger partial charge in [0.15, 0.2) is 0 Å². The molecule has 0 saturated heterocycles. The van der Waals surface area contributed by atoms with E-state index in [1.54, 1.807) is 73.8 Å². The van der Waals surface area contributed by atoms with Gasteiger partial charge >= 0.3 is 0 Å². The quantitative estimate of drug-likeness (QED) is 0.208.